The molecule has 1 aliphatic heterocycles. The van der Waals surface area contributed by atoms with E-state index in [9.17, 15) is 4.79 Å². The van der Waals surface area contributed by atoms with Gasteiger partial charge < -0.3 is 9.42 Å². The van der Waals surface area contributed by atoms with Crippen LogP contribution in [0.2, 0.25) is 0 Å². The molecule has 1 aliphatic rings. The molecule has 1 saturated heterocycles. The first-order valence-corrected chi connectivity index (χ1v) is 5.64. The Kier molecular flexibility index (Phi) is 3.86. The Balaban J connectivity index is 1.81. The van der Waals surface area contributed by atoms with Gasteiger partial charge in [0, 0.05) is 19.0 Å². The highest BCUT2D eigenvalue weighted by Gasteiger charge is 2.11. The molecule has 0 radical (unpaired) electrons. The third-order valence-corrected chi connectivity index (χ3v) is 2.83. The molecule has 5 nitrogen and oxygen atoms in total. The highest BCUT2D eigenvalue weighted by atomic mass is 16.5. The minimum atomic E-state index is 0.309. The molecular formula is C11H15N3O2. The lowest BCUT2D eigenvalue weighted by molar-refractivity contribution is 0.224. The van der Waals surface area contributed by atoms with Crippen LogP contribution >= 0.6 is 0 Å². The largest absolute Gasteiger partial charge is 0.359 e. The van der Waals surface area contributed by atoms with Gasteiger partial charge in [0.15, 0.2) is 0 Å². The van der Waals surface area contributed by atoms with E-state index in [1.165, 1.54) is 38.4 Å². The zero-order valence-corrected chi connectivity index (χ0v) is 9.19. The molecule has 86 valence electrons. The first-order chi connectivity index (χ1) is 7.88. The first kappa shape index (κ1) is 11.0. The summed E-state index contributed by atoms with van der Waals surface area (Å²) in [5.41, 5.74) is 0. The average molecular weight is 221 g/mol. The Bertz CT molecular complexity index is 376. The van der Waals surface area contributed by atoms with E-state index in [1.807, 2.05) is 0 Å². The second-order valence-electron chi connectivity index (χ2n) is 4.01. The van der Waals surface area contributed by atoms with Crippen molar-refractivity contribution in [2.45, 2.75) is 25.7 Å². The second kappa shape index (κ2) is 5.58. The molecule has 2 rings (SSSR count). The van der Waals surface area contributed by atoms with Crippen molar-refractivity contribution in [3.8, 4) is 0 Å². The third kappa shape index (κ3) is 3.02. The zero-order valence-electron chi connectivity index (χ0n) is 9.19. The third-order valence-electron chi connectivity index (χ3n) is 2.83. The van der Waals surface area contributed by atoms with Crippen LogP contribution in [0.15, 0.2) is 15.6 Å². The maximum atomic E-state index is 10.0. The first-order valence-electron chi connectivity index (χ1n) is 5.64. The SMILES string of the molecule is O=C=Nc1cc(CCN2CCCCC2)on1. The van der Waals surface area contributed by atoms with Gasteiger partial charge in [0.25, 0.3) is 0 Å². The molecule has 1 aromatic rings. The Morgan fingerprint density at radius 2 is 2.25 bits per heavy atom. The van der Waals surface area contributed by atoms with Gasteiger partial charge in [-0.3, -0.25) is 0 Å². The zero-order chi connectivity index (χ0) is 11.2. The van der Waals surface area contributed by atoms with Gasteiger partial charge in [-0.2, -0.15) is 0 Å². The van der Waals surface area contributed by atoms with Crippen LogP contribution in [0.4, 0.5) is 5.82 Å². The molecule has 0 atom stereocenters. The molecule has 0 aromatic carbocycles. The van der Waals surface area contributed by atoms with E-state index in [0.29, 0.717) is 5.82 Å². The number of isocyanates is 1. The summed E-state index contributed by atoms with van der Waals surface area (Å²) in [5.74, 6) is 1.09. The van der Waals surface area contributed by atoms with Crippen molar-refractivity contribution >= 4 is 11.9 Å². The summed E-state index contributed by atoms with van der Waals surface area (Å²) in [6.45, 7) is 3.33. The quantitative estimate of drug-likeness (QED) is 0.573. The van der Waals surface area contributed by atoms with E-state index in [4.69, 9.17) is 4.52 Å². The van der Waals surface area contributed by atoms with Crippen LogP contribution in [-0.2, 0) is 11.2 Å². The minimum Gasteiger partial charge on any atom is -0.359 e. The summed E-state index contributed by atoms with van der Waals surface area (Å²) < 4.78 is 5.06. The molecule has 0 spiro atoms. The number of rotatable bonds is 4. The molecule has 1 fully saturated rings. The summed E-state index contributed by atoms with van der Waals surface area (Å²) in [6, 6.07) is 1.69. The number of likely N-dealkylation sites (tertiary alicyclic amines) is 1. The lowest BCUT2D eigenvalue weighted by Crippen LogP contribution is -2.31. The second-order valence-corrected chi connectivity index (χ2v) is 4.01. The lowest BCUT2D eigenvalue weighted by atomic mass is 10.1. The Labute approximate surface area is 94.1 Å². The highest BCUT2D eigenvalue weighted by Crippen LogP contribution is 2.14. The van der Waals surface area contributed by atoms with Crippen LogP contribution < -0.4 is 0 Å². The van der Waals surface area contributed by atoms with Crippen molar-refractivity contribution in [1.29, 1.82) is 0 Å². The van der Waals surface area contributed by atoms with Crippen molar-refractivity contribution in [3.63, 3.8) is 0 Å². The van der Waals surface area contributed by atoms with Crippen molar-refractivity contribution < 1.29 is 9.32 Å². The van der Waals surface area contributed by atoms with E-state index in [1.54, 1.807) is 6.07 Å². The number of nitrogens with zero attached hydrogens (tertiary/aromatic N) is 3. The topological polar surface area (TPSA) is 58.7 Å². The van der Waals surface area contributed by atoms with Gasteiger partial charge in [-0.05, 0) is 25.9 Å². The number of carbonyl (C=O) groups excluding carboxylic acids is 1. The number of aromatic nitrogens is 1. The Hall–Kier alpha value is -1.45. The lowest BCUT2D eigenvalue weighted by Gasteiger charge is -2.25. The number of piperidine rings is 1. The molecule has 16 heavy (non-hydrogen) atoms. The van der Waals surface area contributed by atoms with Gasteiger partial charge in [-0.1, -0.05) is 11.6 Å². The van der Waals surface area contributed by atoms with Crippen LogP contribution in [0.25, 0.3) is 0 Å². The summed E-state index contributed by atoms with van der Waals surface area (Å²) in [7, 11) is 0. The van der Waals surface area contributed by atoms with E-state index in [0.717, 1.165) is 18.7 Å². The fourth-order valence-corrected chi connectivity index (χ4v) is 1.97. The monoisotopic (exact) mass is 221 g/mol. The normalized spacial score (nSPS) is 17.0. The number of hydrogen-bond donors (Lipinski definition) is 0. The van der Waals surface area contributed by atoms with E-state index in [-0.39, 0.29) is 0 Å². The Morgan fingerprint density at radius 1 is 1.44 bits per heavy atom. The molecule has 0 amide bonds. The standard InChI is InChI=1S/C11H15N3O2/c15-9-12-11-8-10(16-13-11)4-7-14-5-2-1-3-6-14/h8H,1-7H2. The molecular weight excluding hydrogens is 206 g/mol. The number of aliphatic imine (C=N–C) groups is 1. The Morgan fingerprint density at radius 3 is 3.00 bits per heavy atom. The van der Waals surface area contributed by atoms with Crippen molar-refractivity contribution in [3.05, 3.63) is 11.8 Å². The van der Waals surface area contributed by atoms with Gasteiger partial charge in [-0.15, -0.1) is 4.99 Å². The van der Waals surface area contributed by atoms with Crippen molar-refractivity contribution in [2.24, 2.45) is 4.99 Å². The van der Waals surface area contributed by atoms with E-state index >= 15 is 0 Å². The molecule has 0 aliphatic carbocycles. The maximum absolute atomic E-state index is 10.0. The van der Waals surface area contributed by atoms with Crippen molar-refractivity contribution in [1.82, 2.24) is 10.1 Å². The van der Waals surface area contributed by atoms with Gasteiger partial charge in [-0.25, -0.2) is 4.79 Å². The van der Waals surface area contributed by atoms with Crippen LogP contribution in [0.5, 0.6) is 0 Å². The molecule has 0 unspecified atom stereocenters. The van der Waals surface area contributed by atoms with Crippen LogP contribution in [0.3, 0.4) is 0 Å². The molecule has 0 bridgehead atoms. The molecule has 0 saturated carbocycles. The van der Waals surface area contributed by atoms with Gasteiger partial charge >= 0.3 is 0 Å². The van der Waals surface area contributed by atoms with E-state index < -0.39 is 0 Å². The van der Waals surface area contributed by atoms with Crippen LogP contribution in [0, 0.1) is 0 Å². The molecule has 2 heterocycles. The summed E-state index contributed by atoms with van der Waals surface area (Å²) >= 11 is 0. The average Bonchev–Trinajstić information content (AvgIpc) is 2.76. The van der Waals surface area contributed by atoms with Gasteiger partial charge in [0.1, 0.15) is 5.76 Å². The summed E-state index contributed by atoms with van der Waals surface area (Å²) in [5, 5.41) is 3.65. The number of hydrogen-bond acceptors (Lipinski definition) is 5. The van der Waals surface area contributed by atoms with E-state index in [2.05, 4.69) is 15.0 Å². The predicted octanol–water partition coefficient (Wildman–Crippen LogP) is 1.67. The van der Waals surface area contributed by atoms with Crippen LogP contribution in [-0.4, -0.2) is 35.8 Å². The van der Waals surface area contributed by atoms with Gasteiger partial charge in [0.2, 0.25) is 11.9 Å². The summed E-state index contributed by atoms with van der Waals surface area (Å²) in [6.07, 6.45) is 6.19. The minimum absolute atomic E-state index is 0.309. The molecule has 0 N–H and O–H groups in total. The summed E-state index contributed by atoms with van der Waals surface area (Å²) in [4.78, 5) is 15.8. The molecule has 1 aromatic heterocycles. The van der Waals surface area contributed by atoms with Gasteiger partial charge in [0.05, 0.1) is 0 Å². The van der Waals surface area contributed by atoms with Crippen molar-refractivity contribution in [2.75, 3.05) is 19.6 Å². The smallest absolute Gasteiger partial charge is 0.242 e. The predicted molar refractivity (Wildman–Crippen MR) is 58.3 cm³/mol. The maximum Gasteiger partial charge on any atom is 0.242 e. The van der Waals surface area contributed by atoms with Crippen LogP contribution in [0.1, 0.15) is 25.0 Å². The fraction of sp³-hybridized carbons (Fsp3) is 0.636. The molecule has 5 heteroatoms. The highest BCUT2D eigenvalue weighted by molar-refractivity contribution is 5.43. The fourth-order valence-electron chi connectivity index (χ4n) is 1.97.